The van der Waals surface area contributed by atoms with Gasteiger partial charge in [0, 0.05) is 25.0 Å². The van der Waals surface area contributed by atoms with E-state index in [0.717, 1.165) is 22.4 Å². The fourth-order valence-electron chi connectivity index (χ4n) is 5.22. The van der Waals surface area contributed by atoms with Crippen LogP contribution >= 0.6 is 0 Å². The van der Waals surface area contributed by atoms with E-state index in [2.05, 4.69) is 21.4 Å². The quantitative estimate of drug-likeness (QED) is 0.113. The molecular formula is C37H42FN5O7. The molecule has 4 atom stereocenters. The van der Waals surface area contributed by atoms with E-state index in [1.165, 1.54) is 30.3 Å². The highest BCUT2D eigenvalue weighted by molar-refractivity contribution is 5.94. The molecular weight excluding hydrogens is 645 g/mol. The first-order chi connectivity index (χ1) is 23.9. The lowest BCUT2D eigenvalue weighted by Crippen LogP contribution is -2.58. The molecule has 4 amide bonds. The topological polar surface area (TPSA) is 178 Å². The number of rotatable bonds is 16. The molecule has 0 fully saturated rings. The number of primary amides is 1. The molecule has 1 aliphatic rings. The van der Waals surface area contributed by atoms with Crippen LogP contribution in [0.4, 0.5) is 4.39 Å². The van der Waals surface area contributed by atoms with E-state index in [0.29, 0.717) is 11.3 Å². The molecule has 0 spiro atoms. The number of benzene rings is 3. The van der Waals surface area contributed by atoms with Gasteiger partial charge in [-0.3, -0.25) is 19.2 Å². The summed E-state index contributed by atoms with van der Waals surface area (Å²) in [6.45, 7) is 5.17. The van der Waals surface area contributed by atoms with Crippen molar-refractivity contribution in [3.05, 3.63) is 108 Å². The third-order valence-corrected chi connectivity index (χ3v) is 7.95. The van der Waals surface area contributed by atoms with Crippen LogP contribution in [-0.2, 0) is 46.6 Å². The summed E-state index contributed by atoms with van der Waals surface area (Å²) in [5.74, 6) is -3.40. The molecule has 0 bridgehead atoms. The number of hydroxylamine groups is 1. The molecule has 0 aliphatic carbocycles. The number of halogens is 1. The Morgan fingerprint density at radius 2 is 1.64 bits per heavy atom. The minimum absolute atomic E-state index is 0.0192. The van der Waals surface area contributed by atoms with Crippen molar-refractivity contribution in [3.8, 4) is 0 Å². The van der Waals surface area contributed by atoms with Gasteiger partial charge >= 0.3 is 5.97 Å². The van der Waals surface area contributed by atoms with E-state index in [9.17, 15) is 28.4 Å². The predicted molar refractivity (Wildman–Crippen MR) is 184 cm³/mol. The number of amides is 4. The normalized spacial score (nSPS) is 15.9. The Kier molecular flexibility index (Phi) is 13.2. The highest BCUT2D eigenvalue weighted by Gasteiger charge is 2.32. The lowest BCUT2D eigenvalue weighted by molar-refractivity contribution is -0.139. The largest absolute Gasteiger partial charge is 0.458 e. The summed E-state index contributed by atoms with van der Waals surface area (Å²) in [7, 11) is 0. The van der Waals surface area contributed by atoms with Crippen LogP contribution in [0.15, 0.2) is 90.7 Å². The summed E-state index contributed by atoms with van der Waals surface area (Å²) in [5, 5.41) is 10.2. The highest BCUT2D eigenvalue weighted by Crippen LogP contribution is 2.17. The van der Waals surface area contributed by atoms with Gasteiger partial charge in [-0.1, -0.05) is 68.5 Å². The summed E-state index contributed by atoms with van der Waals surface area (Å²) in [6.07, 6.45) is 4.03. The number of esters is 1. The summed E-state index contributed by atoms with van der Waals surface area (Å²) in [6, 6.07) is 15.1. The minimum Gasteiger partial charge on any atom is -0.458 e. The smallest absolute Gasteiger partial charge is 0.330 e. The molecule has 3 aromatic carbocycles. The lowest BCUT2D eigenvalue weighted by Gasteiger charge is -2.27. The van der Waals surface area contributed by atoms with Crippen LogP contribution in [0.3, 0.4) is 0 Å². The Morgan fingerprint density at radius 1 is 0.940 bits per heavy atom. The first-order valence-corrected chi connectivity index (χ1v) is 16.2. The van der Waals surface area contributed by atoms with Crippen molar-refractivity contribution in [2.24, 2.45) is 11.7 Å². The van der Waals surface area contributed by atoms with Gasteiger partial charge < -0.3 is 31.3 Å². The third kappa shape index (κ3) is 11.3. The minimum atomic E-state index is -1.19. The monoisotopic (exact) mass is 687 g/mol. The van der Waals surface area contributed by atoms with Crippen molar-refractivity contribution >= 4 is 40.4 Å². The maximum absolute atomic E-state index is 13.7. The highest BCUT2D eigenvalue weighted by atomic mass is 19.1. The van der Waals surface area contributed by atoms with Crippen molar-refractivity contribution in [1.29, 1.82) is 0 Å². The fraction of sp³-hybridized carbons (Fsp3) is 0.324. The molecule has 3 aromatic rings. The molecule has 1 unspecified atom stereocenters. The number of nitrogens with one attached hydrogen (secondary N) is 4. The Labute approximate surface area is 289 Å². The number of nitrogens with two attached hydrogens (primary N) is 1. The van der Waals surface area contributed by atoms with Crippen LogP contribution in [0.2, 0.25) is 0 Å². The number of allylic oxidation sites excluding steroid dienone is 1. The lowest BCUT2D eigenvalue weighted by atomic mass is 10.00. The Morgan fingerprint density at radius 3 is 2.30 bits per heavy atom. The second-order valence-electron chi connectivity index (χ2n) is 12.4. The van der Waals surface area contributed by atoms with Gasteiger partial charge in [0.1, 0.15) is 36.3 Å². The number of hydrogen-bond donors (Lipinski definition) is 5. The van der Waals surface area contributed by atoms with Crippen LogP contribution in [0.1, 0.15) is 44.7 Å². The molecule has 13 heteroatoms. The molecule has 0 aromatic heterocycles. The maximum Gasteiger partial charge on any atom is 0.330 e. The van der Waals surface area contributed by atoms with Crippen molar-refractivity contribution in [3.63, 3.8) is 0 Å². The van der Waals surface area contributed by atoms with E-state index < -0.39 is 59.6 Å². The average Bonchev–Trinajstić information content (AvgIpc) is 3.53. The van der Waals surface area contributed by atoms with Crippen molar-refractivity contribution < 1.29 is 37.9 Å². The SMILES string of the molecule is CC1=CC(C(=O)N[C@@H](C(=O)N[C@@H](Cc2ccc(F)cc2)C(=O)N[C@H](/C=C/C(=O)OCc2ccc3ccccc3c2)CCC(N)=O)C(C)C)NO1. The van der Waals surface area contributed by atoms with Gasteiger partial charge in [0.15, 0.2) is 0 Å². The molecule has 6 N–H and O–H groups in total. The fourth-order valence-corrected chi connectivity index (χ4v) is 5.22. The van der Waals surface area contributed by atoms with Gasteiger partial charge in [-0.05, 0) is 65.4 Å². The van der Waals surface area contributed by atoms with Gasteiger partial charge in [-0.15, -0.1) is 5.48 Å². The number of carbonyl (C=O) groups excluding carboxylic acids is 5. The zero-order valence-corrected chi connectivity index (χ0v) is 28.1. The van der Waals surface area contributed by atoms with E-state index >= 15 is 0 Å². The van der Waals surface area contributed by atoms with Gasteiger partial charge in [0.25, 0.3) is 0 Å². The maximum atomic E-state index is 13.7. The second-order valence-corrected chi connectivity index (χ2v) is 12.4. The van der Waals surface area contributed by atoms with E-state index in [4.69, 9.17) is 15.3 Å². The van der Waals surface area contributed by atoms with Gasteiger partial charge in [0.05, 0.1) is 0 Å². The Hall–Kier alpha value is -5.56. The zero-order valence-electron chi connectivity index (χ0n) is 28.1. The standard InChI is InChI=1S/C37H42FN5O7/c1-22(2)34(42-36(47)31-18-23(3)50-43-31)37(48)41-30(20-24-9-12-28(38)13-10-24)35(46)40-29(14-16-32(39)44)15-17-33(45)49-21-25-8-11-26-6-4-5-7-27(26)19-25/h4-13,15,17-19,22,29-31,34,43H,14,16,20-21H2,1-3H3,(H2,39,44)(H,40,46)(H,41,48)(H,42,47)/b17-15+/t29-,30-,31?,34+/m0/s1. The van der Waals surface area contributed by atoms with E-state index in [1.54, 1.807) is 26.8 Å². The molecule has 0 saturated heterocycles. The van der Waals surface area contributed by atoms with E-state index in [-0.39, 0.29) is 31.8 Å². The van der Waals surface area contributed by atoms with Crippen LogP contribution in [0, 0.1) is 11.7 Å². The number of ether oxygens (including phenoxy) is 1. The van der Waals surface area contributed by atoms with E-state index in [1.807, 2.05) is 42.5 Å². The predicted octanol–water partition coefficient (Wildman–Crippen LogP) is 3.00. The molecule has 0 radical (unpaired) electrons. The molecule has 1 aliphatic heterocycles. The first kappa shape index (κ1) is 37.3. The molecule has 264 valence electrons. The Bertz CT molecular complexity index is 1760. The number of carbonyl (C=O) groups is 5. The molecule has 4 rings (SSSR count). The van der Waals surface area contributed by atoms with Crippen LogP contribution in [-0.4, -0.2) is 53.8 Å². The number of fused-ring (bicyclic) bond motifs is 1. The Balaban J connectivity index is 1.46. The summed E-state index contributed by atoms with van der Waals surface area (Å²) < 4.78 is 19.1. The number of hydrogen-bond acceptors (Lipinski definition) is 8. The molecule has 0 saturated carbocycles. The van der Waals surface area contributed by atoms with Crippen molar-refractivity contribution in [2.45, 2.75) is 70.8 Å². The summed E-state index contributed by atoms with van der Waals surface area (Å²) in [4.78, 5) is 69.6. The van der Waals surface area contributed by atoms with Crippen LogP contribution in [0.5, 0.6) is 0 Å². The van der Waals surface area contributed by atoms with Gasteiger partial charge in [-0.25, -0.2) is 9.18 Å². The van der Waals surface area contributed by atoms with Crippen molar-refractivity contribution in [1.82, 2.24) is 21.4 Å². The molecule has 1 heterocycles. The van der Waals surface area contributed by atoms with Gasteiger partial charge in [0.2, 0.25) is 23.6 Å². The third-order valence-electron chi connectivity index (χ3n) is 7.95. The van der Waals surface area contributed by atoms with Gasteiger partial charge in [-0.2, -0.15) is 0 Å². The first-order valence-electron chi connectivity index (χ1n) is 16.2. The summed E-state index contributed by atoms with van der Waals surface area (Å²) in [5.41, 5.74) is 9.27. The average molecular weight is 688 g/mol. The second kappa shape index (κ2) is 17.7. The van der Waals surface area contributed by atoms with Crippen LogP contribution < -0.4 is 27.2 Å². The molecule has 50 heavy (non-hydrogen) atoms. The van der Waals surface area contributed by atoms with Crippen molar-refractivity contribution in [2.75, 3.05) is 0 Å². The molecule has 12 nitrogen and oxygen atoms in total. The summed E-state index contributed by atoms with van der Waals surface area (Å²) >= 11 is 0. The van der Waals surface area contributed by atoms with Crippen LogP contribution in [0.25, 0.3) is 10.8 Å². The zero-order chi connectivity index (χ0) is 36.2.